The van der Waals surface area contributed by atoms with Crippen LogP contribution in [-0.4, -0.2) is 64.6 Å². The number of hydrogen-bond acceptors (Lipinski definition) is 4. The Balaban J connectivity index is 1.57. The molecule has 0 saturated carbocycles. The van der Waals surface area contributed by atoms with E-state index >= 15 is 0 Å². The summed E-state index contributed by atoms with van der Waals surface area (Å²) in [6.45, 7) is 7.69. The first-order valence-electron chi connectivity index (χ1n) is 9.33. The maximum Gasteiger partial charge on any atom is 0.272 e. The van der Waals surface area contributed by atoms with Crippen molar-refractivity contribution in [3.8, 4) is 0 Å². The first-order chi connectivity index (χ1) is 12.2. The summed E-state index contributed by atoms with van der Waals surface area (Å²) < 4.78 is 0. The summed E-state index contributed by atoms with van der Waals surface area (Å²) in [5.74, 6) is 0.0362. The van der Waals surface area contributed by atoms with E-state index in [1.165, 1.54) is 0 Å². The second-order valence-corrected chi connectivity index (χ2v) is 7.46. The van der Waals surface area contributed by atoms with E-state index in [1.54, 1.807) is 12.3 Å². The predicted molar refractivity (Wildman–Crippen MR) is 98.3 cm³/mol. The number of pyridine rings is 1. The average Bonchev–Trinajstić information content (AvgIpc) is 2.68. The first kappa shape index (κ1) is 18.1. The van der Waals surface area contributed by atoms with Gasteiger partial charge in [0.15, 0.2) is 0 Å². The van der Waals surface area contributed by atoms with Gasteiger partial charge in [-0.05, 0) is 50.8 Å². The number of piperidine rings is 2. The number of aliphatic hydroxyl groups excluding tert-OH is 1. The Hall–Kier alpha value is -1.72. The van der Waals surface area contributed by atoms with E-state index in [2.05, 4.69) is 16.5 Å². The molecule has 1 unspecified atom stereocenters. The van der Waals surface area contributed by atoms with Crippen molar-refractivity contribution in [2.75, 3.05) is 32.8 Å². The lowest BCUT2D eigenvalue weighted by molar-refractivity contribution is -0.000486. The summed E-state index contributed by atoms with van der Waals surface area (Å²) in [6.07, 6.45) is 8.67. The third-order valence-corrected chi connectivity index (χ3v) is 5.76. The molecule has 0 aromatic carbocycles. The molecule has 0 radical (unpaired) electrons. The van der Waals surface area contributed by atoms with Gasteiger partial charge in [-0.2, -0.15) is 0 Å². The van der Waals surface area contributed by atoms with Crippen LogP contribution in [-0.2, 0) is 0 Å². The average molecular weight is 343 g/mol. The van der Waals surface area contributed by atoms with Crippen LogP contribution in [0.5, 0.6) is 0 Å². The van der Waals surface area contributed by atoms with Gasteiger partial charge in [0.2, 0.25) is 0 Å². The highest BCUT2D eigenvalue weighted by atomic mass is 16.3. The molecule has 0 bridgehead atoms. The van der Waals surface area contributed by atoms with Gasteiger partial charge in [-0.3, -0.25) is 14.7 Å². The summed E-state index contributed by atoms with van der Waals surface area (Å²) >= 11 is 0. The fraction of sp³-hybridized carbons (Fsp3) is 0.600. The minimum absolute atomic E-state index is 0.0269. The fourth-order valence-corrected chi connectivity index (χ4v) is 4.31. The molecule has 5 nitrogen and oxygen atoms in total. The van der Waals surface area contributed by atoms with Gasteiger partial charge in [0, 0.05) is 37.3 Å². The maximum atomic E-state index is 12.5. The zero-order valence-electron chi connectivity index (χ0n) is 14.9. The van der Waals surface area contributed by atoms with Crippen molar-refractivity contribution in [3.63, 3.8) is 0 Å². The first-order valence-corrected chi connectivity index (χ1v) is 9.33. The molecule has 136 valence electrons. The van der Waals surface area contributed by atoms with E-state index in [0.717, 1.165) is 58.3 Å². The lowest BCUT2D eigenvalue weighted by Gasteiger charge is -2.46. The number of aromatic nitrogens is 1. The minimum atomic E-state index is -0.0269. The Bertz CT molecular complexity index is 584. The van der Waals surface area contributed by atoms with Gasteiger partial charge in [-0.25, -0.2) is 0 Å². The summed E-state index contributed by atoms with van der Waals surface area (Å²) in [7, 11) is 0. The summed E-state index contributed by atoms with van der Waals surface area (Å²) in [5, 5.41) is 9.90. The van der Waals surface area contributed by atoms with Crippen molar-refractivity contribution in [1.29, 1.82) is 0 Å². The molecule has 5 heteroatoms. The number of aliphatic hydroxyl groups is 1. The van der Waals surface area contributed by atoms with Crippen molar-refractivity contribution in [2.24, 2.45) is 5.41 Å². The van der Waals surface area contributed by atoms with Crippen molar-refractivity contribution in [2.45, 2.75) is 38.1 Å². The van der Waals surface area contributed by atoms with E-state index in [1.807, 2.05) is 23.1 Å². The molecule has 1 N–H and O–H groups in total. The normalized spacial score (nSPS) is 25.7. The molecule has 0 aliphatic carbocycles. The highest BCUT2D eigenvalue weighted by Gasteiger charge is 2.37. The van der Waals surface area contributed by atoms with E-state index in [0.29, 0.717) is 11.7 Å². The summed E-state index contributed by atoms with van der Waals surface area (Å²) in [5.41, 5.74) is 0.505. The summed E-state index contributed by atoms with van der Waals surface area (Å²) in [6, 6.07) is 5.97. The number of amides is 1. The van der Waals surface area contributed by atoms with Crippen molar-refractivity contribution in [1.82, 2.24) is 14.8 Å². The Labute approximate surface area is 150 Å². The number of hydrogen-bond donors (Lipinski definition) is 1. The van der Waals surface area contributed by atoms with Crippen LogP contribution >= 0.6 is 0 Å². The Kier molecular flexibility index (Phi) is 5.86. The molecule has 1 atom stereocenters. The topological polar surface area (TPSA) is 56.7 Å². The van der Waals surface area contributed by atoms with Crippen molar-refractivity contribution < 1.29 is 9.90 Å². The Morgan fingerprint density at radius 1 is 1.36 bits per heavy atom. The summed E-state index contributed by atoms with van der Waals surface area (Å²) in [4.78, 5) is 21.2. The molecular weight excluding hydrogens is 314 g/mol. The van der Waals surface area contributed by atoms with Crippen LogP contribution < -0.4 is 0 Å². The maximum absolute atomic E-state index is 12.5. The van der Waals surface area contributed by atoms with Crippen LogP contribution in [0.25, 0.3) is 0 Å². The van der Waals surface area contributed by atoms with Crippen molar-refractivity contribution >= 4 is 5.91 Å². The second kappa shape index (κ2) is 8.11. The third-order valence-electron chi connectivity index (χ3n) is 5.76. The van der Waals surface area contributed by atoms with Crippen LogP contribution in [0.3, 0.4) is 0 Å². The number of likely N-dealkylation sites (tertiary alicyclic amines) is 2. The van der Waals surface area contributed by atoms with Crippen LogP contribution in [0, 0.1) is 5.41 Å². The lowest BCUT2D eigenvalue weighted by Crippen LogP contribution is -2.53. The Morgan fingerprint density at radius 3 is 2.80 bits per heavy atom. The van der Waals surface area contributed by atoms with Gasteiger partial charge >= 0.3 is 0 Å². The third kappa shape index (κ3) is 4.10. The van der Waals surface area contributed by atoms with E-state index in [-0.39, 0.29) is 17.9 Å². The number of allylic oxidation sites excluding steroid dienone is 1. The molecule has 25 heavy (non-hydrogen) atoms. The minimum Gasteiger partial charge on any atom is -0.396 e. The molecule has 2 aliphatic heterocycles. The SMILES string of the molecule is C=CCC1(CO)CCCN(C2CCN(C(=O)c3ccccn3)CC2)C1. The predicted octanol–water partition coefficient (Wildman–Crippen LogP) is 2.34. The van der Waals surface area contributed by atoms with Gasteiger partial charge in [-0.1, -0.05) is 12.1 Å². The molecule has 1 aromatic rings. The molecule has 1 aromatic heterocycles. The monoisotopic (exact) mass is 343 g/mol. The highest BCUT2D eigenvalue weighted by molar-refractivity contribution is 5.92. The van der Waals surface area contributed by atoms with Gasteiger partial charge in [0.05, 0.1) is 6.61 Å². The molecule has 1 amide bonds. The van der Waals surface area contributed by atoms with Crippen LogP contribution in [0.1, 0.15) is 42.6 Å². The molecular formula is C20H29N3O2. The molecule has 3 heterocycles. The van der Waals surface area contributed by atoms with Gasteiger partial charge in [0.1, 0.15) is 5.69 Å². The molecule has 2 aliphatic rings. The van der Waals surface area contributed by atoms with Gasteiger partial charge in [-0.15, -0.1) is 6.58 Å². The number of carbonyl (C=O) groups excluding carboxylic acids is 1. The van der Waals surface area contributed by atoms with E-state index in [4.69, 9.17) is 0 Å². The van der Waals surface area contributed by atoms with Crippen LogP contribution in [0.2, 0.25) is 0 Å². The largest absolute Gasteiger partial charge is 0.396 e. The smallest absolute Gasteiger partial charge is 0.272 e. The number of carbonyl (C=O) groups is 1. The van der Waals surface area contributed by atoms with Crippen molar-refractivity contribution in [3.05, 3.63) is 42.7 Å². The van der Waals surface area contributed by atoms with E-state index in [9.17, 15) is 9.90 Å². The van der Waals surface area contributed by atoms with E-state index < -0.39 is 0 Å². The van der Waals surface area contributed by atoms with Gasteiger partial charge in [0.25, 0.3) is 5.91 Å². The molecule has 3 rings (SSSR count). The molecule has 0 spiro atoms. The van der Waals surface area contributed by atoms with Crippen LogP contribution in [0.4, 0.5) is 0 Å². The molecule has 2 saturated heterocycles. The number of nitrogens with zero attached hydrogens (tertiary/aromatic N) is 3. The van der Waals surface area contributed by atoms with Crippen LogP contribution in [0.15, 0.2) is 37.1 Å². The van der Waals surface area contributed by atoms with Gasteiger partial charge < -0.3 is 10.0 Å². The zero-order chi connectivity index (χ0) is 17.7. The standard InChI is InChI=1S/C20H29N3O2/c1-2-9-20(16-24)10-5-12-23(15-20)17-7-13-22(14-8-17)19(25)18-6-3-4-11-21-18/h2-4,6,11,17,24H,1,5,7-10,12-16H2. The fourth-order valence-electron chi connectivity index (χ4n) is 4.31. The lowest BCUT2D eigenvalue weighted by atomic mass is 9.77. The second-order valence-electron chi connectivity index (χ2n) is 7.46. The quantitative estimate of drug-likeness (QED) is 0.834. The number of rotatable bonds is 5. The zero-order valence-corrected chi connectivity index (χ0v) is 14.9. The Morgan fingerprint density at radius 2 is 2.16 bits per heavy atom. The highest BCUT2D eigenvalue weighted by Crippen LogP contribution is 2.35. The molecule has 2 fully saturated rings.